The van der Waals surface area contributed by atoms with E-state index in [1.807, 2.05) is 13.0 Å². The summed E-state index contributed by atoms with van der Waals surface area (Å²) in [5, 5.41) is 9.87. The van der Waals surface area contributed by atoms with Crippen molar-refractivity contribution in [2.24, 2.45) is 5.92 Å². The van der Waals surface area contributed by atoms with Crippen molar-refractivity contribution in [2.45, 2.75) is 38.7 Å². The van der Waals surface area contributed by atoms with Crippen LogP contribution in [-0.4, -0.2) is 49.0 Å². The van der Waals surface area contributed by atoms with E-state index in [2.05, 4.69) is 11.5 Å². The highest BCUT2D eigenvalue weighted by Gasteiger charge is 2.21. The van der Waals surface area contributed by atoms with Gasteiger partial charge in [-0.05, 0) is 45.1 Å². The molecule has 0 saturated carbocycles. The van der Waals surface area contributed by atoms with Gasteiger partial charge in [0.1, 0.15) is 0 Å². The topological polar surface area (TPSA) is 32.7 Å². The SMILES string of the molecule is C=CCCC(O)CN1CCCC(COCC)C1. The van der Waals surface area contributed by atoms with Crippen molar-refractivity contribution < 1.29 is 9.84 Å². The molecule has 0 amide bonds. The van der Waals surface area contributed by atoms with Gasteiger partial charge in [0.25, 0.3) is 0 Å². The third-order valence-electron chi connectivity index (χ3n) is 3.33. The molecule has 0 radical (unpaired) electrons. The number of hydrogen-bond acceptors (Lipinski definition) is 3. The first kappa shape index (κ1) is 14.7. The van der Waals surface area contributed by atoms with Gasteiger partial charge in [0.2, 0.25) is 0 Å². The highest BCUT2D eigenvalue weighted by atomic mass is 16.5. The van der Waals surface area contributed by atoms with Crippen molar-refractivity contribution in [1.29, 1.82) is 0 Å². The summed E-state index contributed by atoms with van der Waals surface area (Å²) in [5.74, 6) is 0.648. The maximum atomic E-state index is 9.87. The van der Waals surface area contributed by atoms with Crippen LogP contribution in [0.4, 0.5) is 0 Å². The summed E-state index contributed by atoms with van der Waals surface area (Å²) in [6.07, 6.45) is 5.88. The molecule has 1 N–H and O–H groups in total. The molecule has 1 aliphatic heterocycles. The first-order valence-electron chi connectivity index (χ1n) is 6.85. The zero-order valence-electron chi connectivity index (χ0n) is 11.1. The predicted octanol–water partition coefficient (Wildman–Crippen LogP) is 2.06. The van der Waals surface area contributed by atoms with E-state index in [9.17, 15) is 5.11 Å². The highest BCUT2D eigenvalue weighted by Crippen LogP contribution is 2.17. The van der Waals surface area contributed by atoms with Crippen molar-refractivity contribution in [3.8, 4) is 0 Å². The number of piperidine rings is 1. The Bertz CT molecular complexity index is 208. The van der Waals surface area contributed by atoms with Crippen LogP contribution < -0.4 is 0 Å². The third-order valence-corrected chi connectivity index (χ3v) is 3.33. The Hall–Kier alpha value is -0.380. The minimum atomic E-state index is -0.209. The minimum absolute atomic E-state index is 0.209. The van der Waals surface area contributed by atoms with Crippen LogP contribution in [0.25, 0.3) is 0 Å². The number of ether oxygens (including phenoxy) is 1. The number of nitrogens with zero attached hydrogens (tertiary/aromatic N) is 1. The largest absolute Gasteiger partial charge is 0.392 e. The monoisotopic (exact) mass is 241 g/mol. The van der Waals surface area contributed by atoms with E-state index < -0.39 is 0 Å². The van der Waals surface area contributed by atoms with Crippen LogP contribution in [0, 0.1) is 5.92 Å². The second-order valence-corrected chi connectivity index (χ2v) is 4.95. The average Bonchev–Trinajstić information content (AvgIpc) is 2.34. The number of likely N-dealkylation sites (tertiary alicyclic amines) is 1. The van der Waals surface area contributed by atoms with Crippen LogP contribution in [-0.2, 0) is 4.74 Å². The number of aliphatic hydroxyl groups excluding tert-OH is 1. The normalized spacial score (nSPS) is 23.5. The van der Waals surface area contributed by atoms with Gasteiger partial charge in [0.05, 0.1) is 12.7 Å². The Balaban J connectivity index is 2.21. The fraction of sp³-hybridized carbons (Fsp3) is 0.857. The second kappa shape index (κ2) is 8.67. The summed E-state index contributed by atoms with van der Waals surface area (Å²) in [5.41, 5.74) is 0. The second-order valence-electron chi connectivity index (χ2n) is 4.95. The zero-order valence-corrected chi connectivity index (χ0v) is 11.1. The average molecular weight is 241 g/mol. The number of hydrogen-bond donors (Lipinski definition) is 1. The van der Waals surface area contributed by atoms with Gasteiger partial charge in [-0.15, -0.1) is 6.58 Å². The van der Waals surface area contributed by atoms with Gasteiger partial charge in [-0.1, -0.05) is 6.08 Å². The smallest absolute Gasteiger partial charge is 0.0670 e. The lowest BCUT2D eigenvalue weighted by atomic mass is 9.98. The molecular weight excluding hydrogens is 214 g/mol. The lowest BCUT2D eigenvalue weighted by Crippen LogP contribution is -2.41. The molecule has 1 heterocycles. The van der Waals surface area contributed by atoms with E-state index in [4.69, 9.17) is 4.74 Å². The Morgan fingerprint density at radius 1 is 1.59 bits per heavy atom. The van der Waals surface area contributed by atoms with Crippen LogP contribution in [0.1, 0.15) is 32.6 Å². The maximum Gasteiger partial charge on any atom is 0.0670 e. The van der Waals surface area contributed by atoms with Gasteiger partial charge in [0.15, 0.2) is 0 Å². The Morgan fingerprint density at radius 2 is 2.41 bits per heavy atom. The van der Waals surface area contributed by atoms with Gasteiger partial charge in [-0.2, -0.15) is 0 Å². The van der Waals surface area contributed by atoms with E-state index >= 15 is 0 Å². The highest BCUT2D eigenvalue weighted by molar-refractivity contribution is 4.76. The van der Waals surface area contributed by atoms with Crippen LogP contribution in [0.3, 0.4) is 0 Å². The van der Waals surface area contributed by atoms with Crippen LogP contribution in [0.5, 0.6) is 0 Å². The molecule has 2 atom stereocenters. The Labute approximate surface area is 105 Å². The zero-order chi connectivity index (χ0) is 12.5. The molecule has 3 heteroatoms. The van der Waals surface area contributed by atoms with Crippen molar-refractivity contribution in [1.82, 2.24) is 4.90 Å². The summed E-state index contributed by atoms with van der Waals surface area (Å²) in [6, 6.07) is 0. The molecular formula is C14H27NO2. The molecule has 0 aromatic rings. The molecule has 0 spiro atoms. The standard InChI is InChI=1S/C14H27NO2/c1-3-5-8-14(16)11-15-9-6-7-13(10-15)12-17-4-2/h3,13-14,16H,1,4-12H2,2H3. The van der Waals surface area contributed by atoms with Crippen LogP contribution in [0.2, 0.25) is 0 Å². The summed E-state index contributed by atoms with van der Waals surface area (Å²) >= 11 is 0. The van der Waals surface area contributed by atoms with Crippen LogP contribution >= 0.6 is 0 Å². The first-order valence-corrected chi connectivity index (χ1v) is 6.85. The molecule has 1 fully saturated rings. The molecule has 0 aromatic carbocycles. The molecule has 1 aliphatic rings. The van der Waals surface area contributed by atoms with E-state index in [1.54, 1.807) is 0 Å². The third kappa shape index (κ3) is 6.20. The molecule has 3 nitrogen and oxygen atoms in total. The lowest BCUT2D eigenvalue weighted by molar-refractivity contribution is 0.0427. The van der Waals surface area contributed by atoms with E-state index in [1.165, 1.54) is 12.8 Å². The summed E-state index contributed by atoms with van der Waals surface area (Å²) < 4.78 is 5.49. The quantitative estimate of drug-likeness (QED) is 0.660. The van der Waals surface area contributed by atoms with Gasteiger partial charge in [-0.3, -0.25) is 0 Å². The number of rotatable bonds is 8. The van der Waals surface area contributed by atoms with Crippen molar-refractivity contribution in [2.75, 3.05) is 32.8 Å². The van der Waals surface area contributed by atoms with Crippen molar-refractivity contribution in [3.63, 3.8) is 0 Å². The lowest BCUT2D eigenvalue weighted by Gasteiger charge is -2.33. The number of β-amino-alcohol motifs (C(OH)–C–C–N with tert-alkyl or cyclic N) is 1. The fourth-order valence-corrected chi connectivity index (χ4v) is 2.44. The van der Waals surface area contributed by atoms with Gasteiger partial charge in [0, 0.05) is 19.7 Å². The molecule has 1 rings (SSSR count). The molecule has 1 saturated heterocycles. The minimum Gasteiger partial charge on any atom is -0.392 e. The number of allylic oxidation sites excluding steroid dienone is 1. The molecule has 0 aliphatic carbocycles. The number of aliphatic hydroxyl groups is 1. The molecule has 0 bridgehead atoms. The Kier molecular flexibility index (Phi) is 7.49. The maximum absolute atomic E-state index is 9.87. The van der Waals surface area contributed by atoms with Gasteiger partial charge >= 0.3 is 0 Å². The van der Waals surface area contributed by atoms with Crippen molar-refractivity contribution in [3.05, 3.63) is 12.7 Å². The summed E-state index contributed by atoms with van der Waals surface area (Å²) in [6.45, 7) is 10.4. The van der Waals surface area contributed by atoms with Gasteiger partial charge < -0.3 is 14.7 Å². The van der Waals surface area contributed by atoms with Gasteiger partial charge in [-0.25, -0.2) is 0 Å². The van der Waals surface area contributed by atoms with Crippen molar-refractivity contribution >= 4 is 0 Å². The molecule has 0 aromatic heterocycles. The summed E-state index contributed by atoms with van der Waals surface area (Å²) in [4.78, 5) is 2.38. The fourth-order valence-electron chi connectivity index (χ4n) is 2.44. The van der Waals surface area contributed by atoms with Crippen LogP contribution in [0.15, 0.2) is 12.7 Å². The first-order chi connectivity index (χ1) is 8.26. The van der Waals surface area contributed by atoms with E-state index in [0.29, 0.717) is 5.92 Å². The van der Waals surface area contributed by atoms with E-state index in [-0.39, 0.29) is 6.10 Å². The Morgan fingerprint density at radius 3 is 3.12 bits per heavy atom. The predicted molar refractivity (Wildman–Crippen MR) is 71.1 cm³/mol. The molecule has 100 valence electrons. The molecule has 17 heavy (non-hydrogen) atoms. The van der Waals surface area contributed by atoms with E-state index in [0.717, 1.165) is 45.7 Å². The summed E-state index contributed by atoms with van der Waals surface area (Å²) in [7, 11) is 0. The molecule has 2 unspecified atom stereocenters.